The highest BCUT2D eigenvalue weighted by molar-refractivity contribution is 6.02. The maximum Gasteiger partial charge on any atom is 0.164 e. The van der Waals surface area contributed by atoms with Crippen LogP contribution in [0.25, 0.3) is 0 Å². The maximum absolute atomic E-state index is 12.6. The lowest BCUT2D eigenvalue weighted by molar-refractivity contribution is -0.128. The fraction of sp³-hybridized carbons (Fsp3) is 0.667. The maximum atomic E-state index is 12.6. The van der Waals surface area contributed by atoms with Gasteiger partial charge in [-0.25, -0.2) is 0 Å². The van der Waals surface area contributed by atoms with Crippen molar-refractivity contribution in [2.45, 2.75) is 52.4 Å². The number of Topliss-reactive ketones (excluding diaryl/α,β-unsaturated/α-hetero) is 1. The fourth-order valence-electron chi connectivity index (χ4n) is 5.97. The molecule has 4 rings (SSSR count). The summed E-state index contributed by atoms with van der Waals surface area (Å²) in [5.41, 5.74) is 2.27. The van der Waals surface area contributed by atoms with Gasteiger partial charge in [0.25, 0.3) is 0 Å². The minimum Gasteiger partial charge on any atom is -0.498 e. The zero-order valence-electron chi connectivity index (χ0n) is 14.4. The molecule has 2 unspecified atom stereocenters. The first kappa shape index (κ1) is 15.2. The van der Waals surface area contributed by atoms with Crippen molar-refractivity contribution < 1.29 is 9.53 Å². The summed E-state index contributed by atoms with van der Waals surface area (Å²) in [4.78, 5) is 12.6. The smallest absolute Gasteiger partial charge is 0.164 e. The number of carbonyl (C=O) groups is 1. The van der Waals surface area contributed by atoms with Crippen molar-refractivity contribution in [1.82, 2.24) is 0 Å². The van der Waals surface area contributed by atoms with E-state index in [1.165, 1.54) is 24.2 Å². The van der Waals surface area contributed by atoms with Crippen LogP contribution in [0, 0.1) is 29.1 Å². The molecule has 0 aliphatic heterocycles. The Morgan fingerprint density at radius 1 is 1.35 bits per heavy atom. The Bertz CT molecular complexity index is 611. The second kappa shape index (κ2) is 5.36. The Hall–Kier alpha value is -1.31. The van der Waals surface area contributed by atoms with Gasteiger partial charge < -0.3 is 4.74 Å². The van der Waals surface area contributed by atoms with E-state index in [-0.39, 0.29) is 5.41 Å². The van der Waals surface area contributed by atoms with Crippen LogP contribution in [0.3, 0.4) is 0 Å². The highest BCUT2D eigenvalue weighted by atomic mass is 16.5. The number of fused-ring (bicyclic) bond motifs is 5. The van der Waals surface area contributed by atoms with Gasteiger partial charge in [0.05, 0.1) is 12.4 Å². The van der Waals surface area contributed by atoms with Crippen LogP contribution >= 0.6 is 0 Å². The molecule has 0 amide bonds. The van der Waals surface area contributed by atoms with Gasteiger partial charge in [0.15, 0.2) is 5.78 Å². The molecule has 0 heterocycles. The van der Waals surface area contributed by atoms with Crippen molar-refractivity contribution in [3.63, 3.8) is 0 Å². The molecular weight excluding hydrogens is 284 g/mol. The normalized spacial score (nSPS) is 42.3. The summed E-state index contributed by atoms with van der Waals surface area (Å²) in [5, 5.41) is 0. The first-order chi connectivity index (χ1) is 11.0. The highest BCUT2D eigenvalue weighted by Gasteiger charge is 2.56. The van der Waals surface area contributed by atoms with E-state index in [9.17, 15) is 4.79 Å². The van der Waals surface area contributed by atoms with E-state index in [1.807, 2.05) is 0 Å². The van der Waals surface area contributed by atoms with E-state index in [2.05, 4.69) is 32.6 Å². The van der Waals surface area contributed by atoms with Crippen molar-refractivity contribution in [1.29, 1.82) is 0 Å². The Morgan fingerprint density at radius 3 is 2.96 bits per heavy atom. The van der Waals surface area contributed by atoms with Gasteiger partial charge in [-0.05, 0) is 79.9 Å². The van der Waals surface area contributed by atoms with Gasteiger partial charge in [-0.2, -0.15) is 0 Å². The minimum atomic E-state index is -0.120. The Kier molecular flexibility index (Phi) is 3.55. The minimum absolute atomic E-state index is 0.120. The Labute approximate surface area is 139 Å². The first-order valence-electron chi connectivity index (χ1n) is 9.30. The van der Waals surface area contributed by atoms with E-state index in [0.717, 1.165) is 43.8 Å². The molecule has 0 bridgehead atoms. The van der Waals surface area contributed by atoms with E-state index >= 15 is 0 Å². The monoisotopic (exact) mass is 312 g/mol. The Morgan fingerprint density at radius 2 is 2.17 bits per heavy atom. The van der Waals surface area contributed by atoms with Gasteiger partial charge in [-0.15, -0.1) is 0 Å². The summed E-state index contributed by atoms with van der Waals surface area (Å²) in [7, 11) is 0. The van der Waals surface area contributed by atoms with Crippen LogP contribution in [0.2, 0.25) is 0 Å². The van der Waals surface area contributed by atoms with Gasteiger partial charge in [0.2, 0.25) is 0 Å². The van der Waals surface area contributed by atoms with Crippen molar-refractivity contribution in [2.75, 3.05) is 6.61 Å². The molecule has 2 nitrogen and oxygen atoms in total. The number of allylic oxidation sites excluding steroid dienone is 5. The molecule has 0 aromatic rings. The van der Waals surface area contributed by atoms with E-state index < -0.39 is 0 Å². The second-order valence-corrected chi connectivity index (χ2v) is 8.16. The molecule has 23 heavy (non-hydrogen) atoms. The van der Waals surface area contributed by atoms with Gasteiger partial charge in [0, 0.05) is 11.8 Å². The number of hydrogen-bond acceptors (Lipinski definition) is 2. The van der Waals surface area contributed by atoms with Gasteiger partial charge in [0.1, 0.15) is 0 Å². The lowest BCUT2D eigenvalue weighted by Gasteiger charge is -2.50. The van der Waals surface area contributed by atoms with E-state index in [4.69, 9.17) is 4.74 Å². The first-order valence-corrected chi connectivity index (χ1v) is 9.30. The molecule has 5 atom stereocenters. The summed E-state index contributed by atoms with van der Waals surface area (Å²) in [6.07, 6.45) is 11.4. The standard InChI is InChI=1S/C21H28O2/c1-4-23-15-6-8-16-14(12-15)5-7-18-17(16)9-10-21(3)19(18)11-13(2)20(21)22/h5,12,16-19H,2,4,6-11H2,1,3H3/t16-,17?,18+,19?,21-/m0/s1. The SMILES string of the molecule is C=C1CC2[C@@H]3CC=C4C=C(OCC)CC[C@@H]4C3CC[C@]2(C)C1=O. The molecule has 2 saturated carbocycles. The zero-order chi connectivity index (χ0) is 16.2. The predicted octanol–water partition coefficient (Wildman–Crippen LogP) is 4.82. The summed E-state index contributed by atoms with van der Waals surface area (Å²) < 4.78 is 5.75. The van der Waals surface area contributed by atoms with Gasteiger partial charge in [-0.1, -0.05) is 19.6 Å². The van der Waals surface area contributed by atoms with Crippen LogP contribution in [0.4, 0.5) is 0 Å². The summed E-state index contributed by atoms with van der Waals surface area (Å²) in [5.74, 6) is 4.16. The molecule has 2 heteroatoms. The quantitative estimate of drug-likeness (QED) is 0.683. The number of hydrogen-bond donors (Lipinski definition) is 0. The van der Waals surface area contributed by atoms with Gasteiger partial charge in [-0.3, -0.25) is 4.79 Å². The van der Waals surface area contributed by atoms with Crippen molar-refractivity contribution in [3.05, 3.63) is 35.6 Å². The molecule has 2 fully saturated rings. The highest BCUT2D eigenvalue weighted by Crippen LogP contribution is 2.60. The van der Waals surface area contributed by atoms with E-state index in [1.54, 1.807) is 0 Å². The molecule has 0 N–H and O–H groups in total. The molecule has 0 saturated heterocycles. The van der Waals surface area contributed by atoms with Crippen LogP contribution < -0.4 is 0 Å². The van der Waals surface area contributed by atoms with Crippen molar-refractivity contribution >= 4 is 5.78 Å². The number of rotatable bonds is 2. The summed E-state index contributed by atoms with van der Waals surface area (Å²) >= 11 is 0. The van der Waals surface area contributed by atoms with Crippen LogP contribution in [0.5, 0.6) is 0 Å². The molecule has 4 aliphatic carbocycles. The number of ketones is 1. The second-order valence-electron chi connectivity index (χ2n) is 8.16. The van der Waals surface area contributed by atoms with Gasteiger partial charge >= 0.3 is 0 Å². The average molecular weight is 312 g/mol. The number of carbonyl (C=O) groups excluding carboxylic acids is 1. The van der Waals surface area contributed by atoms with Crippen molar-refractivity contribution in [3.8, 4) is 0 Å². The largest absolute Gasteiger partial charge is 0.498 e. The molecule has 0 aromatic carbocycles. The van der Waals surface area contributed by atoms with Crippen LogP contribution in [0.1, 0.15) is 52.4 Å². The zero-order valence-corrected chi connectivity index (χ0v) is 14.4. The fourth-order valence-corrected chi connectivity index (χ4v) is 5.97. The van der Waals surface area contributed by atoms with Crippen LogP contribution in [-0.2, 0) is 9.53 Å². The van der Waals surface area contributed by atoms with E-state index in [0.29, 0.717) is 23.5 Å². The lowest BCUT2D eigenvalue weighted by Crippen LogP contribution is -2.45. The summed E-state index contributed by atoms with van der Waals surface area (Å²) in [6.45, 7) is 9.10. The third-order valence-corrected chi connectivity index (χ3v) is 7.12. The lowest BCUT2D eigenvalue weighted by atomic mass is 9.53. The molecule has 0 aromatic heterocycles. The van der Waals surface area contributed by atoms with Crippen LogP contribution in [-0.4, -0.2) is 12.4 Å². The molecule has 4 aliphatic rings. The molecular formula is C21H28O2. The third-order valence-electron chi connectivity index (χ3n) is 7.12. The number of ether oxygens (including phenoxy) is 1. The van der Waals surface area contributed by atoms with Crippen LogP contribution in [0.15, 0.2) is 35.6 Å². The predicted molar refractivity (Wildman–Crippen MR) is 91.7 cm³/mol. The summed E-state index contributed by atoms with van der Waals surface area (Å²) in [6, 6.07) is 0. The topological polar surface area (TPSA) is 26.3 Å². The molecule has 0 spiro atoms. The molecule has 0 radical (unpaired) electrons. The average Bonchev–Trinajstić information content (AvgIpc) is 2.78. The third kappa shape index (κ3) is 2.17. The Balaban J connectivity index is 1.63. The van der Waals surface area contributed by atoms with Crippen molar-refractivity contribution in [2.24, 2.45) is 29.1 Å². The molecule has 124 valence electrons.